The van der Waals surface area contributed by atoms with Gasteiger partial charge in [-0.2, -0.15) is 0 Å². The van der Waals surface area contributed by atoms with Crippen LogP contribution in [0, 0.1) is 11.3 Å². The van der Waals surface area contributed by atoms with Crippen molar-refractivity contribution in [1.82, 2.24) is 5.32 Å². The van der Waals surface area contributed by atoms with Crippen molar-refractivity contribution in [3.8, 4) is 0 Å². The molecule has 0 aliphatic carbocycles. The predicted molar refractivity (Wildman–Crippen MR) is 78.4 cm³/mol. The molecule has 1 amide bonds. The van der Waals surface area contributed by atoms with Crippen LogP contribution in [0.3, 0.4) is 0 Å². The highest BCUT2D eigenvalue weighted by Gasteiger charge is 2.28. The van der Waals surface area contributed by atoms with Gasteiger partial charge in [0.1, 0.15) is 0 Å². The molecule has 20 heavy (non-hydrogen) atoms. The Kier molecular flexibility index (Phi) is 5.31. The number of rotatable bonds is 5. The van der Waals surface area contributed by atoms with Gasteiger partial charge in [-0.15, -0.1) is 0 Å². The van der Waals surface area contributed by atoms with E-state index in [4.69, 9.17) is 0 Å². The second kappa shape index (κ2) is 6.55. The molecule has 0 aliphatic rings. The van der Waals surface area contributed by atoms with Gasteiger partial charge in [0.2, 0.25) is 5.91 Å². The van der Waals surface area contributed by atoms with Crippen molar-refractivity contribution >= 4 is 11.9 Å². The fourth-order valence-electron chi connectivity index (χ4n) is 1.78. The maximum absolute atomic E-state index is 12.0. The number of aliphatic carboxylic acids is 1. The van der Waals surface area contributed by atoms with Crippen molar-refractivity contribution in [1.29, 1.82) is 0 Å². The van der Waals surface area contributed by atoms with Crippen LogP contribution in [-0.4, -0.2) is 23.5 Å². The van der Waals surface area contributed by atoms with E-state index in [1.165, 1.54) is 0 Å². The number of amides is 1. The first-order valence-corrected chi connectivity index (χ1v) is 6.79. The Morgan fingerprint density at radius 1 is 1.20 bits per heavy atom. The smallest absolute Gasteiger partial charge is 0.312 e. The number of benzene rings is 1. The summed E-state index contributed by atoms with van der Waals surface area (Å²) in [5, 5.41) is 12.0. The fraction of sp³-hybridized carbons (Fsp3) is 0.500. The summed E-state index contributed by atoms with van der Waals surface area (Å²) in [6.07, 6.45) is 0. The zero-order chi connectivity index (χ0) is 15.3. The minimum Gasteiger partial charge on any atom is -0.481 e. The highest BCUT2D eigenvalue weighted by atomic mass is 16.4. The zero-order valence-electron chi connectivity index (χ0n) is 12.5. The van der Waals surface area contributed by atoms with Crippen LogP contribution in [0.25, 0.3) is 0 Å². The summed E-state index contributed by atoms with van der Waals surface area (Å²) in [5.74, 6) is -1.93. The lowest BCUT2D eigenvalue weighted by molar-refractivity contribution is -0.138. The third-order valence-corrected chi connectivity index (χ3v) is 3.67. The van der Waals surface area contributed by atoms with Crippen molar-refractivity contribution in [2.75, 3.05) is 6.54 Å². The van der Waals surface area contributed by atoms with Gasteiger partial charge in [-0.05, 0) is 11.0 Å². The monoisotopic (exact) mass is 277 g/mol. The molecular weight excluding hydrogens is 254 g/mol. The number of hydrogen-bond donors (Lipinski definition) is 2. The Balaban J connectivity index is 2.70. The van der Waals surface area contributed by atoms with E-state index in [-0.39, 0.29) is 23.8 Å². The SMILES string of the molecule is CC(C(=O)NCC(C(=O)O)c1ccccc1)C(C)(C)C. The Morgan fingerprint density at radius 2 is 1.75 bits per heavy atom. The second-order valence-corrected chi connectivity index (χ2v) is 6.13. The molecule has 2 atom stereocenters. The Morgan fingerprint density at radius 3 is 2.20 bits per heavy atom. The second-order valence-electron chi connectivity index (χ2n) is 6.13. The number of nitrogens with one attached hydrogen (secondary N) is 1. The molecule has 0 spiro atoms. The number of hydrogen-bond acceptors (Lipinski definition) is 2. The van der Waals surface area contributed by atoms with Crippen LogP contribution < -0.4 is 5.32 Å². The van der Waals surface area contributed by atoms with Crippen molar-refractivity contribution in [2.24, 2.45) is 11.3 Å². The minimum absolute atomic E-state index is 0.110. The van der Waals surface area contributed by atoms with Gasteiger partial charge in [0.05, 0.1) is 5.92 Å². The molecule has 0 saturated carbocycles. The number of carboxylic acid groups (broad SMARTS) is 1. The molecule has 0 bridgehead atoms. The summed E-state index contributed by atoms with van der Waals surface area (Å²) in [7, 11) is 0. The maximum Gasteiger partial charge on any atom is 0.312 e. The topological polar surface area (TPSA) is 66.4 Å². The number of carboxylic acids is 1. The molecule has 0 fully saturated rings. The minimum atomic E-state index is -0.931. The summed E-state index contributed by atoms with van der Waals surface area (Å²) < 4.78 is 0. The van der Waals surface area contributed by atoms with E-state index >= 15 is 0 Å². The first-order valence-electron chi connectivity index (χ1n) is 6.79. The normalized spacial score (nSPS) is 14.4. The molecule has 110 valence electrons. The van der Waals surface area contributed by atoms with Crippen LogP contribution in [0.15, 0.2) is 30.3 Å². The van der Waals surface area contributed by atoms with Gasteiger partial charge in [0, 0.05) is 12.5 Å². The number of carbonyl (C=O) groups is 2. The quantitative estimate of drug-likeness (QED) is 0.869. The average Bonchev–Trinajstić information content (AvgIpc) is 2.37. The molecule has 0 aromatic heterocycles. The lowest BCUT2D eigenvalue weighted by Crippen LogP contribution is -2.39. The lowest BCUT2D eigenvalue weighted by atomic mass is 9.81. The van der Waals surface area contributed by atoms with E-state index in [0.717, 1.165) is 0 Å². The third-order valence-electron chi connectivity index (χ3n) is 3.67. The fourth-order valence-corrected chi connectivity index (χ4v) is 1.78. The van der Waals surface area contributed by atoms with Crippen molar-refractivity contribution in [3.63, 3.8) is 0 Å². The Bertz CT molecular complexity index is 462. The molecular formula is C16H23NO3. The molecule has 1 aromatic rings. The number of carbonyl (C=O) groups excluding carboxylic acids is 1. The summed E-state index contributed by atoms with van der Waals surface area (Å²) in [6.45, 7) is 7.93. The summed E-state index contributed by atoms with van der Waals surface area (Å²) >= 11 is 0. The first kappa shape index (κ1) is 16.2. The Hall–Kier alpha value is -1.84. The Labute approximate surface area is 120 Å². The maximum atomic E-state index is 12.0. The molecule has 2 N–H and O–H groups in total. The van der Waals surface area contributed by atoms with E-state index in [0.29, 0.717) is 5.56 Å². The zero-order valence-corrected chi connectivity index (χ0v) is 12.5. The predicted octanol–water partition coefficient (Wildman–Crippen LogP) is 2.65. The summed E-state index contributed by atoms with van der Waals surface area (Å²) in [6, 6.07) is 8.95. The van der Waals surface area contributed by atoms with Crippen molar-refractivity contribution in [2.45, 2.75) is 33.6 Å². The highest BCUT2D eigenvalue weighted by molar-refractivity contribution is 5.81. The van der Waals surface area contributed by atoms with Crippen LogP contribution in [0.2, 0.25) is 0 Å². The van der Waals surface area contributed by atoms with Crippen LogP contribution in [-0.2, 0) is 9.59 Å². The summed E-state index contributed by atoms with van der Waals surface area (Å²) in [5.41, 5.74) is 0.555. The van der Waals surface area contributed by atoms with Crippen LogP contribution >= 0.6 is 0 Å². The van der Waals surface area contributed by atoms with Crippen molar-refractivity contribution < 1.29 is 14.7 Å². The molecule has 4 nitrogen and oxygen atoms in total. The first-order chi connectivity index (χ1) is 9.23. The van der Waals surface area contributed by atoms with Gasteiger partial charge >= 0.3 is 5.97 Å². The highest BCUT2D eigenvalue weighted by Crippen LogP contribution is 2.25. The summed E-state index contributed by atoms with van der Waals surface area (Å²) in [4.78, 5) is 23.4. The standard InChI is InChI=1S/C16H23NO3/c1-11(16(2,3)4)14(18)17-10-13(15(19)20)12-8-6-5-7-9-12/h5-9,11,13H,10H2,1-4H3,(H,17,18)(H,19,20). The van der Waals surface area contributed by atoms with Crippen LogP contribution in [0.1, 0.15) is 39.2 Å². The molecule has 0 aliphatic heterocycles. The molecule has 4 heteroatoms. The van der Waals surface area contributed by atoms with Crippen LogP contribution in [0.4, 0.5) is 0 Å². The molecule has 2 unspecified atom stereocenters. The van der Waals surface area contributed by atoms with Gasteiger partial charge < -0.3 is 10.4 Å². The molecule has 1 rings (SSSR count). The van der Waals surface area contributed by atoms with Crippen molar-refractivity contribution in [3.05, 3.63) is 35.9 Å². The average molecular weight is 277 g/mol. The molecule has 0 heterocycles. The van der Waals surface area contributed by atoms with E-state index in [1.807, 2.05) is 33.8 Å². The lowest BCUT2D eigenvalue weighted by Gasteiger charge is -2.26. The van der Waals surface area contributed by atoms with Crippen LogP contribution in [0.5, 0.6) is 0 Å². The molecule has 1 aromatic carbocycles. The van der Waals surface area contributed by atoms with E-state index in [1.54, 1.807) is 24.3 Å². The molecule has 0 radical (unpaired) electrons. The largest absolute Gasteiger partial charge is 0.481 e. The third kappa shape index (κ3) is 4.37. The van der Waals surface area contributed by atoms with Gasteiger partial charge in [0.25, 0.3) is 0 Å². The van der Waals surface area contributed by atoms with E-state index in [9.17, 15) is 14.7 Å². The van der Waals surface area contributed by atoms with E-state index in [2.05, 4.69) is 5.32 Å². The molecule has 0 saturated heterocycles. The van der Waals surface area contributed by atoms with Gasteiger partial charge in [-0.3, -0.25) is 9.59 Å². The van der Waals surface area contributed by atoms with E-state index < -0.39 is 11.9 Å². The van der Waals surface area contributed by atoms with Gasteiger partial charge in [-0.25, -0.2) is 0 Å². The van der Waals surface area contributed by atoms with Gasteiger partial charge in [-0.1, -0.05) is 58.0 Å². The van der Waals surface area contributed by atoms with Gasteiger partial charge in [0.15, 0.2) is 0 Å².